The van der Waals surface area contributed by atoms with Gasteiger partial charge in [-0.3, -0.25) is 10.1 Å². The van der Waals surface area contributed by atoms with Gasteiger partial charge < -0.3 is 24.5 Å². The summed E-state index contributed by atoms with van der Waals surface area (Å²) in [5.74, 6) is 3.36. The minimum absolute atomic E-state index is 0. The molecule has 0 radical (unpaired) electrons. The molecular formula is C22H29IN6O3. The van der Waals surface area contributed by atoms with Crippen molar-refractivity contribution >= 4 is 29.9 Å². The molecule has 9 nitrogen and oxygen atoms in total. The van der Waals surface area contributed by atoms with Gasteiger partial charge in [0, 0.05) is 25.8 Å². The number of aryl methyl sites for hydroxylation is 1. The Labute approximate surface area is 204 Å². The summed E-state index contributed by atoms with van der Waals surface area (Å²) in [6.45, 7) is 4.49. The maximum Gasteiger partial charge on any atom is 0.216 e. The zero-order valence-electron chi connectivity index (χ0n) is 18.3. The molecule has 10 heteroatoms. The van der Waals surface area contributed by atoms with E-state index in [1.165, 1.54) is 0 Å². The van der Waals surface area contributed by atoms with Crippen LogP contribution in [0.5, 0.6) is 5.75 Å². The summed E-state index contributed by atoms with van der Waals surface area (Å²) >= 11 is 0. The molecule has 3 N–H and O–H groups in total. The van der Waals surface area contributed by atoms with Crippen LogP contribution in [0.2, 0.25) is 0 Å². The Morgan fingerprint density at radius 1 is 1.28 bits per heavy atom. The van der Waals surface area contributed by atoms with E-state index < -0.39 is 0 Å². The summed E-state index contributed by atoms with van der Waals surface area (Å²) in [7, 11) is 1.73. The van der Waals surface area contributed by atoms with Crippen LogP contribution in [-0.4, -0.2) is 47.5 Å². The second-order valence-corrected chi connectivity index (χ2v) is 7.42. The third-order valence-electron chi connectivity index (χ3n) is 5.04. The summed E-state index contributed by atoms with van der Waals surface area (Å²) in [5, 5.41) is 13.6. The number of halogens is 1. The lowest BCUT2D eigenvalue weighted by Crippen LogP contribution is -2.36. The summed E-state index contributed by atoms with van der Waals surface area (Å²) in [6, 6.07) is 9.84. The van der Waals surface area contributed by atoms with Crippen LogP contribution in [0.4, 0.5) is 0 Å². The standard InChI is InChI=1S/C22H28N6O3.HI/c1-15-7-8-16(19(11-15)31-14-17-5-3-9-29-17)12-24-22(23-2)25-13-20-26-21(28-27-20)18-6-4-10-30-18;/h4,6-8,10-11,17H,3,5,9,12-14H2,1-2H3,(H2,23,24,25)(H,26,27,28);1H. The molecule has 32 heavy (non-hydrogen) atoms. The van der Waals surface area contributed by atoms with Crippen molar-refractivity contribution in [3.8, 4) is 17.3 Å². The number of aromatic amines is 1. The van der Waals surface area contributed by atoms with Gasteiger partial charge in [0.15, 0.2) is 11.7 Å². The smallest absolute Gasteiger partial charge is 0.216 e. The first-order valence-corrected chi connectivity index (χ1v) is 10.4. The molecular weight excluding hydrogens is 523 g/mol. The second-order valence-electron chi connectivity index (χ2n) is 7.42. The summed E-state index contributed by atoms with van der Waals surface area (Å²) in [5.41, 5.74) is 2.22. The number of guanidine groups is 1. The number of benzene rings is 1. The number of nitrogens with zero attached hydrogens (tertiary/aromatic N) is 3. The summed E-state index contributed by atoms with van der Waals surface area (Å²) in [4.78, 5) is 8.71. The molecule has 0 spiro atoms. The Bertz CT molecular complexity index is 999. The summed E-state index contributed by atoms with van der Waals surface area (Å²) < 4.78 is 17.1. The number of H-pyrrole nitrogens is 1. The van der Waals surface area contributed by atoms with Gasteiger partial charge in [-0.05, 0) is 43.5 Å². The molecule has 1 aromatic carbocycles. The first-order valence-electron chi connectivity index (χ1n) is 10.4. The van der Waals surface area contributed by atoms with Gasteiger partial charge in [0.05, 0.1) is 18.9 Å². The van der Waals surface area contributed by atoms with Gasteiger partial charge in [-0.25, -0.2) is 4.98 Å². The number of aliphatic imine (C=N–C) groups is 1. The maximum atomic E-state index is 6.08. The highest BCUT2D eigenvalue weighted by Crippen LogP contribution is 2.22. The Kier molecular flexibility index (Phi) is 8.91. The normalized spacial score (nSPS) is 15.9. The van der Waals surface area contributed by atoms with Gasteiger partial charge in [-0.1, -0.05) is 12.1 Å². The molecule has 1 unspecified atom stereocenters. The van der Waals surface area contributed by atoms with E-state index in [1.54, 1.807) is 19.4 Å². The average Bonchev–Trinajstić information content (AvgIpc) is 3.55. The molecule has 1 fully saturated rings. The van der Waals surface area contributed by atoms with Crippen molar-refractivity contribution in [3.63, 3.8) is 0 Å². The molecule has 1 aliphatic rings. The van der Waals surface area contributed by atoms with Crippen molar-refractivity contribution in [1.82, 2.24) is 25.8 Å². The molecule has 0 saturated carbocycles. The quantitative estimate of drug-likeness (QED) is 0.223. The van der Waals surface area contributed by atoms with Crippen LogP contribution in [0.15, 0.2) is 46.0 Å². The van der Waals surface area contributed by atoms with Crippen LogP contribution in [-0.2, 0) is 17.8 Å². The number of aromatic nitrogens is 3. The van der Waals surface area contributed by atoms with Gasteiger partial charge in [-0.2, -0.15) is 0 Å². The number of furan rings is 1. The van der Waals surface area contributed by atoms with Crippen LogP contribution >= 0.6 is 24.0 Å². The first-order chi connectivity index (χ1) is 15.2. The zero-order chi connectivity index (χ0) is 21.5. The highest BCUT2D eigenvalue weighted by Gasteiger charge is 2.17. The van der Waals surface area contributed by atoms with Gasteiger partial charge in [0.2, 0.25) is 5.82 Å². The molecule has 1 aliphatic heterocycles. The fourth-order valence-electron chi connectivity index (χ4n) is 3.36. The van der Waals surface area contributed by atoms with Crippen LogP contribution in [0, 0.1) is 6.92 Å². The van der Waals surface area contributed by atoms with Crippen molar-refractivity contribution in [2.45, 2.75) is 39.0 Å². The predicted octanol–water partition coefficient (Wildman–Crippen LogP) is 3.41. The van der Waals surface area contributed by atoms with Crippen LogP contribution in [0.1, 0.15) is 29.8 Å². The van der Waals surface area contributed by atoms with Crippen molar-refractivity contribution in [3.05, 3.63) is 53.5 Å². The molecule has 1 saturated heterocycles. The van der Waals surface area contributed by atoms with E-state index in [-0.39, 0.29) is 30.1 Å². The van der Waals surface area contributed by atoms with E-state index in [0.717, 1.165) is 36.3 Å². The third kappa shape index (κ3) is 6.45. The third-order valence-corrected chi connectivity index (χ3v) is 5.04. The first kappa shape index (κ1) is 24.1. The highest BCUT2D eigenvalue weighted by molar-refractivity contribution is 14.0. The van der Waals surface area contributed by atoms with Crippen molar-refractivity contribution < 1.29 is 13.9 Å². The largest absolute Gasteiger partial charge is 0.491 e. The maximum absolute atomic E-state index is 6.08. The monoisotopic (exact) mass is 552 g/mol. The van der Waals surface area contributed by atoms with Gasteiger partial charge >= 0.3 is 0 Å². The van der Waals surface area contributed by atoms with Crippen LogP contribution in [0.3, 0.4) is 0 Å². The van der Waals surface area contributed by atoms with Crippen molar-refractivity contribution in [1.29, 1.82) is 0 Å². The zero-order valence-corrected chi connectivity index (χ0v) is 20.6. The van der Waals surface area contributed by atoms with Gasteiger partial charge in [-0.15, -0.1) is 29.1 Å². The minimum Gasteiger partial charge on any atom is -0.491 e. The Balaban J connectivity index is 0.00000289. The van der Waals surface area contributed by atoms with E-state index in [1.807, 2.05) is 6.07 Å². The molecule has 172 valence electrons. The van der Waals surface area contributed by atoms with Gasteiger partial charge in [0.1, 0.15) is 18.2 Å². The average molecular weight is 552 g/mol. The Morgan fingerprint density at radius 3 is 2.91 bits per heavy atom. The second kappa shape index (κ2) is 11.9. The topological polar surface area (TPSA) is 110 Å². The predicted molar refractivity (Wildman–Crippen MR) is 132 cm³/mol. The fourth-order valence-corrected chi connectivity index (χ4v) is 3.36. The lowest BCUT2D eigenvalue weighted by molar-refractivity contribution is 0.0676. The molecule has 4 rings (SSSR count). The van der Waals surface area contributed by atoms with Crippen molar-refractivity contribution in [2.24, 2.45) is 4.99 Å². The molecule has 1 atom stereocenters. The van der Waals surface area contributed by atoms with E-state index in [9.17, 15) is 0 Å². The van der Waals surface area contributed by atoms with E-state index in [4.69, 9.17) is 13.9 Å². The lowest BCUT2D eigenvalue weighted by atomic mass is 10.1. The van der Waals surface area contributed by atoms with E-state index in [2.05, 4.69) is 55.9 Å². The van der Waals surface area contributed by atoms with Crippen LogP contribution in [0.25, 0.3) is 11.6 Å². The molecule has 3 heterocycles. The minimum atomic E-state index is 0. The number of rotatable bonds is 8. The lowest BCUT2D eigenvalue weighted by Gasteiger charge is -2.17. The fraction of sp³-hybridized carbons (Fsp3) is 0.409. The van der Waals surface area contributed by atoms with Crippen LogP contribution < -0.4 is 15.4 Å². The van der Waals surface area contributed by atoms with E-state index in [0.29, 0.717) is 43.1 Å². The molecule has 0 bridgehead atoms. The van der Waals surface area contributed by atoms with E-state index >= 15 is 0 Å². The number of ether oxygens (including phenoxy) is 2. The van der Waals surface area contributed by atoms with Crippen molar-refractivity contribution in [2.75, 3.05) is 20.3 Å². The Hall–Kier alpha value is -2.60. The van der Waals surface area contributed by atoms with Gasteiger partial charge in [0.25, 0.3) is 0 Å². The molecule has 2 aromatic heterocycles. The number of hydrogen-bond donors (Lipinski definition) is 3. The molecule has 3 aromatic rings. The SMILES string of the molecule is CN=C(NCc1nc(-c2ccco2)n[nH]1)NCc1ccc(C)cc1OCC1CCCO1.I. The number of hydrogen-bond acceptors (Lipinski definition) is 6. The molecule has 0 aliphatic carbocycles. The highest BCUT2D eigenvalue weighted by atomic mass is 127. The number of nitrogens with one attached hydrogen (secondary N) is 3. The Morgan fingerprint density at radius 2 is 2.16 bits per heavy atom. The summed E-state index contributed by atoms with van der Waals surface area (Å²) in [6.07, 6.45) is 3.94. The molecule has 0 amide bonds.